The molecule has 3 rings (SSSR count). The fourth-order valence-electron chi connectivity index (χ4n) is 3.06. The van der Waals surface area contributed by atoms with Crippen LogP contribution in [-0.4, -0.2) is 53.1 Å². The number of rotatable bonds is 5. The largest absolute Gasteiger partial charge is 0.339 e. The van der Waals surface area contributed by atoms with E-state index in [1.807, 2.05) is 38.1 Å². The molecular formula is C18H25N5O2. The zero-order chi connectivity index (χ0) is 17.8. The number of carbonyl (C=O) groups is 1. The Hall–Kier alpha value is -2.44. The lowest BCUT2D eigenvalue weighted by atomic mass is 9.92. The number of piperidine rings is 1. The van der Waals surface area contributed by atoms with Gasteiger partial charge in [-0.05, 0) is 44.2 Å². The predicted octanol–water partition coefficient (Wildman–Crippen LogP) is 2.32. The third-order valence-corrected chi connectivity index (χ3v) is 4.68. The van der Waals surface area contributed by atoms with E-state index in [2.05, 4.69) is 15.1 Å². The van der Waals surface area contributed by atoms with Crippen LogP contribution in [0.25, 0.3) is 0 Å². The molecule has 2 aromatic rings. The lowest BCUT2D eigenvalue weighted by Gasteiger charge is -2.32. The van der Waals surface area contributed by atoms with Crippen LogP contribution in [0.2, 0.25) is 0 Å². The van der Waals surface area contributed by atoms with Crippen LogP contribution >= 0.6 is 0 Å². The lowest BCUT2D eigenvalue weighted by Crippen LogP contribution is -2.38. The number of nitrogens with zero attached hydrogens (tertiary/aromatic N) is 5. The Bertz CT molecular complexity index is 703. The molecule has 0 unspecified atom stereocenters. The molecule has 0 aromatic carbocycles. The van der Waals surface area contributed by atoms with E-state index in [1.54, 1.807) is 11.1 Å². The minimum atomic E-state index is 0.0831. The molecule has 7 heteroatoms. The van der Waals surface area contributed by atoms with Crippen LogP contribution in [0, 0.1) is 12.8 Å². The van der Waals surface area contributed by atoms with E-state index in [0.717, 1.165) is 50.3 Å². The molecule has 3 heterocycles. The molecule has 7 nitrogen and oxygen atoms in total. The Balaban J connectivity index is 1.46. The molecule has 25 heavy (non-hydrogen) atoms. The second kappa shape index (κ2) is 7.63. The van der Waals surface area contributed by atoms with Crippen molar-refractivity contribution in [2.24, 2.45) is 5.92 Å². The summed E-state index contributed by atoms with van der Waals surface area (Å²) < 4.78 is 5.18. The van der Waals surface area contributed by atoms with Crippen LogP contribution in [0.1, 0.15) is 41.1 Å². The summed E-state index contributed by atoms with van der Waals surface area (Å²) in [6.07, 6.45) is 5.55. The molecule has 1 saturated heterocycles. The van der Waals surface area contributed by atoms with Gasteiger partial charge in [-0.15, -0.1) is 0 Å². The number of aromatic nitrogens is 3. The van der Waals surface area contributed by atoms with E-state index in [1.165, 1.54) is 0 Å². The van der Waals surface area contributed by atoms with Crippen molar-refractivity contribution in [3.05, 3.63) is 35.4 Å². The summed E-state index contributed by atoms with van der Waals surface area (Å²) in [5, 5.41) is 4.01. The van der Waals surface area contributed by atoms with Crippen molar-refractivity contribution in [2.45, 2.75) is 32.6 Å². The number of hydrogen-bond acceptors (Lipinski definition) is 6. The van der Waals surface area contributed by atoms with E-state index < -0.39 is 0 Å². The van der Waals surface area contributed by atoms with Gasteiger partial charge in [-0.3, -0.25) is 9.78 Å². The van der Waals surface area contributed by atoms with E-state index >= 15 is 0 Å². The second-order valence-electron chi connectivity index (χ2n) is 6.85. The first-order valence-corrected chi connectivity index (χ1v) is 8.75. The first kappa shape index (κ1) is 17.4. The van der Waals surface area contributed by atoms with Crippen LogP contribution < -0.4 is 4.90 Å². The summed E-state index contributed by atoms with van der Waals surface area (Å²) in [5.74, 6) is 1.44. The van der Waals surface area contributed by atoms with Crippen LogP contribution in [0.5, 0.6) is 0 Å². The molecular weight excluding hydrogens is 318 g/mol. The molecule has 0 N–H and O–H groups in total. The highest BCUT2D eigenvalue weighted by Gasteiger charge is 2.24. The van der Waals surface area contributed by atoms with Crippen molar-refractivity contribution in [2.75, 3.05) is 32.1 Å². The van der Waals surface area contributed by atoms with E-state index in [-0.39, 0.29) is 5.91 Å². The van der Waals surface area contributed by atoms with E-state index in [9.17, 15) is 4.79 Å². The van der Waals surface area contributed by atoms with Gasteiger partial charge < -0.3 is 14.3 Å². The Morgan fingerprint density at radius 2 is 2.08 bits per heavy atom. The zero-order valence-corrected chi connectivity index (χ0v) is 15.1. The highest BCUT2D eigenvalue weighted by atomic mass is 16.5. The van der Waals surface area contributed by atoms with Crippen LogP contribution in [-0.2, 0) is 6.42 Å². The molecule has 0 bridgehead atoms. The maximum atomic E-state index is 12.5. The molecule has 0 aliphatic carbocycles. The summed E-state index contributed by atoms with van der Waals surface area (Å²) in [4.78, 5) is 24.8. The monoisotopic (exact) mass is 343 g/mol. The van der Waals surface area contributed by atoms with Crippen molar-refractivity contribution in [3.8, 4) is 0 Å². The molecule has 1 amide bonds. The first-order valence-electron chi connectivity index (χ1n) is 8.75. The van der Waals surface area contributed by atoms with Gasteiger partial charge in [0.2, 0.25) is 0 Å². The number of anilines is 1. The van der Waals surface area contributed by atoms with E-state index in [0.29, 0.717) is 17.5 Å². The Kier molecular flexibility index (Phi) is 5.31. The number of likely N-dealkylation sites (tertiary alicyclic amines) is 1. The Morgan fingerprint density at radius 1 is 1.32 bits per heavy atom. The maximum absolute atomic E-state index is 12.5. The van der Waals surface area contributed by atoms with Gasteiger partial charge in [0.15, 0.2) is 5.82 Å². The SMILES string of the molecule is Cc1ccc(C(=O)N2CCC(CCc3noc(N(C)C)n3)CC2)cn1. The molecule has 2 aromatic heterocycles. The van der Waals surface area contributed by atoms with Crippen LogP contribution in [0.3, 0.4) is 0 Å². The number of hydrogen-bond donors (Lipinski definition) is 0. The Morgan fingerprint density at radius 3 is 2.68 bits per heavy atom. The predicted molar refractivity (Wildman–Crippen MR) is 94.5 cm³/mol. The third kappa shape index (κ3) is 4.35. The third-order valence-electron chi connectivity index (χ3n) is 4.68. The van der Waals surface area contributed by atoms with Gasteiger partial charge in [0.05, 0.1) is 5.56 Å². The highest BCUT2D eigenvalue weighted by Crippen LogP contribution is 2.23. The van der Waals surface area contributed by atoms with Crippen LogP contribution in [0.15, 0.2) is 22.9 Å². The highest BCUT2D eigenvalue weighted by molar-refractivity contribution is 5.93. The fraction of sp³-hybridized carbons (Fsp3) is 0.556. The van der Waals surface area contributed by atoms with Gasteiger partial charge in [0.25, 0.3) is 5.91 Å². The standard InChI is InChI=1S/C18H25N5O2/c1-13-4-6-15(12-19-13)17(24)23-10-8-14(9-11-23)5-7-16-20-18(22(2)3)25-21-16/h4,6,12,14H,5,7-11H2,1-3H3. The lowest BCUT2D eigenvalue weighted by molar-refractivity contribution is 0.0686. The minimum absolute atomic E-state index is 0.0831. The molecule has 0 saturated carbocycles. The van der Waals surface area contributed by atoms with Crippen molar-refractivity contribution in [1.29, 1.82) is 0 Å². The number of pyridine rings is 1. The summed E-state index contributed by atoms with van der Waals surface area (Å²) in [7, 11) is 3.77. The molecule has 1 aliphatic heterocycles. The molecule has 134 valence electrons. The summed E-state index contributed by atoms with van der Waals surface area (Å²) >= 11 is 0. The topological polar surface area (TPSA) is 75.4 Å². The average molecular weight is 343 g/mol. The van der Waals surface area contributed by atoms with Gasteiger partial charge in [-0.2, -0.15) is 4.98 Å². The minimum Gasteiger partial charge on any atom is -0.339 e. The molecule has 0 spiro atoms. The van der Waals surface area contributed by atoms with E-state index in [4.69, 9.17) is 4.52 Å². The van der Waals surface area contributed by atoms with Gasteiger partial charge >= 0.3 is 6.01 Å². The smallest absolute Gasteiger partial charge is 0.323 e. The summed E-state index contributed by atoms with van der Waals surface area (Å²) in [6, 6.07) is 4.28. The van der Waals surface area contributed by atoms with Gasteiger partial charge in [0, 0.05) is 45.5 Å². The summed E-state index contributed by atoms with van der Waals surface area (Å²) in [5.41, 5.74) is 1.60. The van der Waals surface area contributed by atoms with Crippen molar-refractivity contribution >= 4 is 11.9 Å². The number of carbonyl (C=O) groups excluding carboxylic acids is 1. The average Bonchev–Trinajstić information content (AvgIpc) is 3.10. The summed E-state index contributed by atoms with van der Waals surface area (Å²) in [6.45, 7) is 3.52. The number of aryl methyl sites for hydroxylation is 2. The first-order chi connectivity index (χ1) is 12.0. The Labute approximate surface area is 148 Å². The van der Waals surface area contributed by atoms with Gasteiger partial charge in [-0.1, -0.05) is 5.16 Å². The quantitative estimate of drug-likeness (QED) is 0.829. The van der Waals surface area contributed by atoms with Gasteiger partial charge in [0.1, 0.15) is 0 Å². The fourth-order valence-corrected chi connectivity index (χ4v) is 3.06. The van der Waals surface area contributed by atoms with Crippen LogP contribution in [0.4, 0.5) is 6.01 Å². The molecule has 1 aliphatic rings. The zero-order valence-electron chi connectivity index (χ0n) is 15.1. The second-order valence-corrected chi connectivity index (χ2v) is 6.85. The van der Waals surface area contributed by atoms with Crippen molar-refractivity contribution in [1.82, 2.24) is 20.0 Å². The molecule has 0 atom stereocenters. The molecule has 1 fully saturated rings. The normalized spacial score (nSPS) is 15.4. The van der Waals surface area contributed by atoms with Crippen molar-refractivity contribution < 1.29 is 9.32 Å². The van der Waals surface area contributed by atoms with Gasteiger partial charge in [-0.25, -0.2) is 0 Å². The van der Waals surface area contributed by atoms with Crippen molar-refractivity contribution in [3.63, 3.8) is 0 Å². The maximum Gasteiger partial charge on any atom is 0.323 e. The molecule has 0 radical (unpaired) electrons. The number of amides is 1.